The molecule has 0 aliphatic rings. The van der Waals surface area contributed by atoms with Crippen LogP contribution in [-0.2, 0) is 6.54 Å². The average molecular weight is 467 g/mol. The highest BCUT2D eigenvalue weighted by Gasteiger charge is 2.04. The van der Waals surface area contributed by atoms with E-state index in [-0.39, 0.29) is 24.0 Å². The van der Waals surface area contributed by atoms with Crippen molar-refractivity contribution in [2.45, 2.75) is 13.5 Å². The van der Waals surface area contributed by atoms with Gasteiger partial charge < -0.3 is 15.4 Å². The van der Waals surface area contributed by atoms with Crippen LogP contribution in [0.2, 0.25) is 0 Å². The summed E-state index contributed by atoms with van der Waals surface area (Å²) in [4.78, 5) is 6.61. The molecule has 0 spiro atoms. The Bertz CT molecular complexity index is 679. The van der Waals surface area contributed by atoms with Crippen molar-refractivity contribution < 1.29 is 13.5 Å². The fourth-order valence-electron chi connectivity index (χ4n) is 1.88. The van der Waals surface area contributed by atoms with Gasteiger partial charge in [-0.3, -0.25) is 4.99 Å². The second-order valence-electron chi connectivity index (χ2n) is 4.79. The highest BCUT2D eigenvalue weighted by Crippen LogP contribution is 2.15. The van der Waals surface area contributed by atoms with Crippen LogP contribution in [0.1, 0.15) is 9.75 Å². The van der Waals surface area contributed by atoms with Gasteiger partial charge in [0.1, 0.15) is 12.4 Å². The average Bonchev–Trinajstić information content (AvgIpc) is 2.95. The van der Waals surface area contributed by atoms with Crippen molar-refractivity contribution in [2.24, 2.45) is 4.99 Å². The molecule has 0 radical (unpaired) electrons. The highest BCUT2D eigenvalue weighted by molar-refractivity contribution is 14.0. The smallest absolute Gasteiger partial charge is 0.191 e. The van der Waals surface area contributed by atoms with E-state index < -0.39 is 11.6 Å². The molecule has 8 heteroatoms. The van der Waals surface area contributed by atoms with Crippen molar-refractivity contribution in [2.75, 3.05) is 20.2 Å². The zero-order valence-corrected chi connectivity index (χ0v) is 16.6. The molecule has 0 aliphatic carbocycles. The van der Waals surface area contributed by atoms with E-state index in [1.807, 2.05) is 0 Å². The molecule has 0 saturated heterocycles. The number of aliphatic imine (C=N–C) groups is 1. The summed E-state index contributed by atoms with van der Waals surface area (Å²) >= 11 is 1.73. The van der Waals surface area contributed by atoms with E-state index in [1.165, 1.54) is 15.8 Å². The number of thiophene rings is 1. The number of nitrogens with zero attached hydrogens (tertiary/aromatic N) is 1. The number of guanidine groups is 1. The Labute approximate surface area is 161 Å². The molecule has 4 nitrogen and oxygen atoms in total. The van der Waals surface area contributed by atoms with E-state index in [9.17, 15) is 8.78 Å². The van der Waals surface area contributed by atoms with Crippen molar-refractivity contribution in [1.29, 1.82) is 0 Å². The van der Waals surface area contributed by atoms with Crippen LogP contribution in [0.4, 0.5) is 8.78 Å². The molecule has 1 aromatic heterocycles. The van der Waals surface area contributed by atoms with E-state index in [0.29, 0.717) is 31.4 Å². The van der Waals surface area contributed by atoms with Gasteiger partial charge in [-0.1, -0.05) is 0 Å². The predicted molar refractivity (Wildman–Crippen MR) is 105 cm³/mol. The van der Waals surface area contributed by atoms with Gasteiger partial charge in [-0.15, -0.1) is 35.3 Å². The third kappa shape index (κ3) is 6.60. The van der Waals surface area contributed by atoms with E-state index in [2.05, 4.69) is 34.7 Å². The van der Waals surface area contributed by atoms with Crippen LogP contribution in [0.15, 0.2) is 35.3 Å². The summed E-state index contributed by atoms with van der Waals surface area (Å²) in [5, 5.41) is 6.29. The quantitative estimate of drug-likeness (QED) is 0.295. The zero-order valence-electron chi connectivity index (χ0n) is 13.4. The van der Waals surface area contributed by atoms with Gasteiger partial charge in [0.2, 0.25) is 0 Å². The van der Waals surface area contributed by atoms with Crippen LogP contribution in [0, 0.1) is 18.6 Å². The Morgan fingerprint density at radius 2 is 1.96 bits per heavy atom. The lowest BCUT2D eigenvalue weighted by atomic mass is 10.3. The first-order valence-corrected chi connectivity index (χ1v) is 7.98. The van der Waals surface area contributed by atoms with Crippen molar-refractivity contribution >= 4 is 41.3 Å². The summed E-state index contributed by atoms with van der Waals surface area (Å²) < 4.78 is 31.2. The highest BCUT2D eigenvalue weighted by atomic mass is 127. The number of rotatable bonds is 6. The summed E-state index contributed by atoms with van der Waals surface area (Å²) in [5.74, 6) is -0.851. The summed E-state index contributed by atoms with van der Waals surface area (Å²) in [6.07, 6.45) is 0. The zero-order chi connectivity index (χ0) is 16.7. The second-order valence-corrected chi connectivity index (χ2v) is 6.16. The van der Waals surface area contributed by atoms with Crippen molar-refractivity contribution in [3.05, 3.63) is 51.7 Å². The maximum Gasteiger partial charge on any atom is 0.191 e. The Kier molecular flexibility index (Phi) is 8.98. The van der Waals surface area contributed by atoms with E-state index in [1.54, 1.807) is 18.4 Å². The normalized spacial score (nSPS) is 10.9. The van der Waals surface area contributed by atoms with Crippen molar-refractivity contribution in [3.8, 4) is 5.75 Å². The molecule has 2 N–H and O–H groups in total. The van der Waals surface area contributed by atoms with Gasteiger partial charge in [0.25, 0.3) is 0 Å². The van der Waals surface area contributed by atoms with Crippen LogP contribution in [0.5, 0.6) is 5.75 Å². The van der Waals surface area contributed by atoms with E-state index in [4.69, 9.17) is 4.74 Å². The molecule has 1 aromatic carbocycles. The maximum atomic E-state index is 13.0. The Morgan fingerprint density at radius 1 is 1.17 bits per heavy atom. The number of hydrogen-bond donors (Lipinski definition) is 2. The summed E-state index contributed by atoms with van der Waals surface area (Å²) in [6.45, 7) is 3.56. The molecular formula is C16H20F2IN3OS. The molecular weight excluding hydrogens is 447 g/mol. The van der Waals surface area contributed by atoms with Crippen molar-refractivity contribution in [3.63, 3.8) is 0 Å². The van der Waals surface area contributed by atoms with Gasteiger partial charge in [0, 0.05) is 22.9 Å². The summed E-state index contributed by atoms with van der Waals surface area (Å²) in [6, 6.07) is 7.62. The third-order valence-corrected chi connectivity index (χ3v) is 4.00. The number of aryl methyl sites for hydroxylation is 1. The summed E-state index contributed by atoms with van der Waals surface area (Å²) in [5.41, 5.74) is 0. The minimum Gasteiger partial charge on any atom is -0.492 e. The van der Waals surface area contributed by atoms with Gasteiger partial charge >= 0.3 is 0 Å². The molecule has 0 aliphatic heterocycles. The molecule has 0 saturated carbocycles. The molecule has 1 heterocycles. The lowest BCUT2D eigenvalue weighted by molar-refractivity contribution is 0.318. The monoisotopic (exact) mass is 467 g/mol. The minimum atomic E-state index is -0.917. The topological polar surface area (TPSA) is 45.7 Å². The van der Waals surface area contributed by atoms with Gasteiger partial charge in [-0.25, -0.2) is 8.78 Å². The first-order valence-electron chi connectivity index (χ1n) is 7.16. The fourth-order valence-corrected chi connectivity index (χ4v) is 2.71. The standard InChI is InChI=1S/C16H19F2N3OS.HI/c1-11-3-5-13(23-11)10-21-16(19-2)20-7-8-22-12-4-6-14(17)15(18)9-12;/h3-6,9H,7-8,10H2,1-2H3,(H2,19,20,21);1H. The predicted octanol–water partition coefficient (Wildman–Crippen LogP) is 3.70. The molecule has 132 valence electrons. The van der Waals surface area contributed by atoms with Gasteiger partial charge in [0.05, 0.1) is 13.1 Å². The lowest BCUT2D eigenvalue weighted by Gasteiger charge is -2.12. The van der Waals surface area contributed by atoms with Gasteiger partial charge in [0.15, 0.2) is 17.6 Å². The Balaban J connectivity index is 0.00000288. The fraction of sp³-hybridized carbons (Fsp3) is 0.312. The molecule has 0 fully saturated rings. The van der Waals surface area contributed by atoms with E-state index >= 15 is 0 Å². The lowest BCUT2D eigenvalue weighted by Crippen LogP contribution is -2.38. The number of ether oxygens (including phenoxy) is 1. The first-order chi connectivity index (χ1) is 11.1. The Hall–Kier alpha value is -1.42. The first kappa shape index (κ1) is 20.6. The second kappa shape index (κ2) is 10.4. The minimum absolute atomic E-state index is 0. The van der Waals surface area contributed by atoms with Crippen LogP contribution < -0.4 is 15.4 Å². The molecule has 2 rings (SSSR count). The third-order valence-electron chi connectivity index (χ3n) is 3.00. The van der Waals surface area contributed by atoms with E-state index in [0.717, 1.165) is 12.1 Å². The molecule has 0 bridgehead atoms. The largest absolute Gasteiger partial charge is 0.492 e. The van der Waals surface area contributed by atoms with Crippen molar-refractivity contribution in [1.82, 2.24) is 10.6 Å². The van der Waals surface area contributed by atoms with Crippen LogP contribution >= 0.6 is 35.3 Å². The molecule has 0 atom stereocenters. The molecule has 2 aromatic rings. The van der Waals surface area contributed by atoms with Crippen LogP contribution in [-0.4, -0.2) is 26.2 Å². The van der Waals surface area contributed by atoms with Gasteiger partial charge in [-0.05, 0) is 31.2 Å². The Morgan fingerprint density at radius 3 is 2.58 bits per heavy atom. The van der Waals surface area contributed by atoms with Gasteiger partial charge in [-0.2, -0.15) is 0 Å². The van der Waals surface area contributed by atoms with Crippen LogP contribution in [0.25, 0.3) is 0 Å². The molecule has 24 heavy (non-hydrogen) atoms. The number of halogens is 3. The number of benzene rings is 1. The molecule has 0 unspecified atom stereocenters. The number of hydrogen-bond acceptors (Lipinski definition) is 3. The molecule has 0 amide bonds. The SMILES string of the molecule is CN=C(NCCOc1ccc(F)c(F)c1)NCc1ccc(C)s1.I. The summed E-state index contributed by atoms with van der Waals surface area (Å²) in [7, 11) is 1.69. The number of nitrogens with one attached hydrogen (secondary N) is 2. The van der Waals surface area contributed by atoms with Crippen LogP contribution in [0.3, 0.4) is 0 Å². The maximum absolute atomic E-state index is 13.0.